The Morgan fingerprint density at radius 2 is 2.17 bits per heavy atom. The first-order valence-corrected chi connectivity index (χ1v) is 7.11. The molecule has 1 aliphatic carbocycles. The van der Waals surface area contributed by atoms with E-state index in [2.05, 4.69) is 29.1 Å². The van der Waals surface area contributed by atoms with Crippen LogP contribution >= 0.6 is 0 Å². The summed E-state index contributed by atoms with van der Waals surface area (Å²) in [6.07, 6.45) is 8.22. The summed E-state index contributed by atoms with van der Waals surface area (Å²) in [5, 5.41) is 0. The Balaban J connectivity index is 1.85. The molecule has 2 atom stereocenters. The minimum atomic E-state index is 0.674. The SMILES string of the molecule is CN(CCc1ccccn1)C1CCCCC1CN. The lowest BCUT2D eigenvalue weighted by Gasteiger charge is -2.37. The van der Waals surface area contributed by atoms with E-state index in [-0.39, 0.29) is 0 Å². The van der Waals surface area contributed by atoms with Gasteiger partial charge in [-0.3, -0.25) is 4.98 Å². The molecule has 1 aliphatic rings. The minimum absolute atomic E-state index is 0.674. The topological polar surface area (TPSA) is 42.2 Å². The summed E-state index contributed by atoms with van der Waals surface area (Å²) in [7, 11) is 2.24. The second kappa shape index (κ2) is 6.86. The van der Waals surface area contributed by atoms with Gasteiger partial charge in [0, 0.05) is 30.9 Å². The quantitative estimate of drug-likeness (QED) is 0.866. The highest BCUT2D eigenvalue weighted by Gasteiger charge is 2.26. The first-order chi connectivity index (χ1) is 8.81. The Hall–Kier alpha value is -0.930. The van der Waals surface area contributed by atoms with Crippen LogP contribution in [0.1, 0.15) is 31.4 Å². The van der Waals surface area contributed by atoms with Crippen molar-refractivity contribution in [2.45, 2.75) is 38.1 Å². The first kappa shape index (κ1) is 13.5. The molecule has 2 N–H and O–H groups in total. The van der Waals surface area contributed by atoms with Crippen LogP contribution < -0.4 is 5.73 Å². The number of hydrogen-bond donors (Lipinski definition) is 1. The Labute approximate surface area is 110 Å². The lowest BCUT2D eigenvalue weighted by atomic mass is 9.83. The van der Waals surface area contributed by atoms with Gasteiger partial charge in [-0.15, -0.1) is 0 Å². The number of aromatic nitrogens is 1. The molecule has 0 radical (unpaired) electrons. The summed E-state index contributed by atoms with van der Waals surface area (Å²) in [4.78, 5) is 6.88. The van der Waals surface area contributed by atoms with Crippen LogP contribution in [0.25, 0.3) is 0 Å². The molecule has 0 spiro atoms. The molecule has 18 heavy (non-hydrogen) atoms. The van der Waals surface area contributed by atoms with Crippen molar-refractivity contribution < 1.29 is 0 Å². The van der Waals surface area contributed by atoms with Crippen LogP contribution in [-0.2, 0) is 6.42 Å². The third-order valence-electron chi connectivity index (χ3n) is 4.18. The van der Waals surface area contributed by atoms with Gasteiger partial charge < -0.3 is 10.6 Å². The number of nitrogens with zero attached hydrogens (tertiary/aromatic N) is 2. The average Bonchev–Trinajstić information content (AvgIpc) is 2.45. The van der Waals surface area contributed by atoms with Crippen LogP contribution in [0.4, 0.5) is 0 Å². The first-order valence-electron chi connectivity index (χ1n) is 7.11. The maximum Gasteiger partial charge on any atom is 0.0416 e. The van der Waals surface area contributed by atoms with Gasteiger partial charge in [-0.1, -0.05) is 18.9 Å². The van der Waals surface area contributed by atoms with Crippen molar-refractivity contribution in [3.8, 4) is 0 Å². The van der Waals surface area contributed by atoms with Crippen LogP contribution in [-0.4, -0.2) is 36.1 Å². The Bertz CT molecular complexity index is 339. The molecule has 0 aromatic carbocycles. The second-order valence-electron chi connectivity index (χ2n) is 5.40. The summed E-state index contributed by atoms with van der Waals surface area (Å²) in [5.74, 6) is 0.687. The van der Waals surface area contributed by atoms with Crippen molar-refractivity contribution >= 4 is 0 Å². The van der Waals surface area contributed by atoms with Crippen LogP contribution in [0.3, 0.4) is 0 Å². The van der Waals surface area contributed by atoms with E-state index < -0.39 is 0 Å². The average molecular weight is 247 g/mol. The van der Waals surface area contributed by atoms with Gasteiger partial charge in [0.05, 0.1) is 0 Å². The maximum atomic E-state index is 5.90. The second-order valence-corrected chi connectivity index (χ2v) is 5.40. The lowest BCUT2D eigenvalue weighted by Crippen LogP contribution is -2.43. The fraction of sp³-hybridized carbons (Fsp3) is 0.667. The van der Waals surface area contributed by atoms with Gasteiger partial charge in [0.25, 0.3) is 0 Å². The van der Waals surface area contributed by atoms with Crippen LogP contribution in [0, 0.1) is 5.92 Å². The van der Waals surface area contributed by atoms with E-state index in [0.717, 1.165) is 19.5 Å². The largest absolute Gasteiger partial charge is 0.330 e. The van der Waals surface area contributed by atoms with Crippen LogP contribution in [0.5, 0.6) is 0 Å². The van der Waals surface area contributed by atoms with Gasteiger partial charge in [-0.25, -0.2) is 0 Å². The Kier molecular flexibility index (Phi) is 5.14. The molecule has 100 valence electrons. The molecule has 1 fully saturated rings. The third-order valence-corrected chi connectivity index (χ3v) is 4.18. The van der Waals surface area contributed by atoms with E-state index >= 15 is 0 Å². The zero-order valence-corrected chi connectivity index (χ0v) is 11.4. The molecule has 2 unspecified atom stereocenters. The van der Waals surface area contributed by atoms with Crippen LogP contribution in [0.15, 0.2) is 24.4 Å². The molecular formula is C15H25N3. The molecule has 0 amide bonds. The molecule has 0 saturated heterocycles. The van der Waals surface area contributed by atoms with Crippen molar-refractivity contribution in [1.29, 1.82) is 0 Å². The van der Waals surface area contributed by atoms with Gasteiger partial charge in [0.1, 0.15) is 0 Å². The molecule has 0 bridgehead atoms. The highest BCUT2D eigenvalue weighted by molar-refractivity contribution is 5.03. The molecule has 3 nitrogen and oxygen atoms in total. The Morgan fingerprint density at radius 1 is 1.33 bits per heavy atom. The van der Waals surface area contributed by atoms with Crippen molar-refractivity contribution in [1.82, 2.24) is 9.88 Å². The lowest BCUT2D eigenvalue weighted by molar-refractivity contribution is 0.134. The summed E-state index contributed by atoms with van der Waals surface area (Å²) in [5.41, 5.74) is 7.08. The van der Waals surface area contributed by atoms with E-state index in [1.165, 1.54) is 31.4 Å². The molecule has 1 saturated carbocycles. The van der Waals surface area contributed by atoms with Crippen molar-refractivity contribution in [3.63, 3.8) is 0 Å². The zero-order valence-electron chi connectivity index (χ0n) is 11.4. The molecule has 2 rings (SSSR count). The monoisotopic (exact) mass is 247 g/mol. The number of likely N-dealkylation sites (N-methyl/N-ethyl adjacent to an activating group) is 1. The van der Waals surface area contributed by atoms with Gasteiger partial charge in [-0.2, -0.15) is 0 Å². The molecule has 1 heterocycles. The minimum Gasteiger partial charge on any atom is -0.330 e. The highest BCUT2D eigenvalue weighted by Crippen LogP contribution is 2.27. The molecule has 3 heteroatoms. The van der Waals surface area contributed by atoms with Crippen molar-refractivity contribution in [2.24, 2.45) is 11.7 Å². The summed E-state index contributed by atoms with van der Waals surface area (Å²) >= 11 is 0. The molecule has 1 aromatic rings. The summed E-state index contributed by atoms with van der Waals surface area (Å²) in [6.45, 7) is 1.91. The number of pyridine rings is 1. The van der Waals surface area contributed by atoms with E-state index in [9.17, 15) is 0 Å². The van der Waals surface area contributed by atoms with Gasteiger partial charge in [0.2, 0.25) is 0 Å². The zero-order chi connectivity index (χ0) is 12.8. The van der Waals surface area contributed by atoms with Crippen molar-refractivity contribution in [3.05, 3.63) is 30.1 Å². The van der Waals surface area contributed by atoms with Gasteiger partial charge in [-0.05, 0) is 44.5 Å². The van der Waals surface area contributed by atoms with Crippen molar-refractivity contribution in [2.75, 3.05) is 20.1 Å². The maximum absolute atomic E-state index is 5.90. The fourth-order valence-corrected chi connectivity index (χ4v) is 3.05. The summed E-state index contributed by atoms with van der Waals surface area (Å²) < 4.78 is 0. The van der Waals surface area contributed by atoms with Gasteiger partial charge in [0.15, 0.2) is 0 Å². The number of rotatable bonds is 5. The Morgan fingerprint density at radius 3 is 2.89 bits per heavy atom. The van der Waals surface area contributed by atoms with E-state index in [0.29, 0.717) is 12.0 Å². The smallest absolute Gasteiger partial charge is 0.0416 e. The number of nitrogens with two attached hydrogens (primary N) is 1. The third kappa shape index (κ3) is 3.53. The molecular weight excluding hydrogens is 222 g/mol. The van der Waals surface area contributed by atoms with E-state index in [1.807, 2.05) is 12.3 Å². The predicted octanol–water partition coefficient (Wildman–Crippen LogP) is 2.07. The summed E-state index contributed by atoms with van der Waals surface area (Å²) in [6, 6.07) is 6.81. The number of hydrogen-bond acceptors (Lipinski definition) is 3. The normalized spacial score (nSPS) is 24.4. The predicted molar refractivity (Wildman–Crippen MR) is 75.4 cm³/mol. The molecule has 1 aromatic heterocycles. The van der Waals surface area contributed by atoms with Gasteiger partial charge >= 0.3 is 0 Å². The van der Waals surface area contributed by atoms with Crippen LogP contribution in [0.2, 0.25) is 0 Å². The van der Waals surface area contributed by atoms with E-state index in [1.54, 1.807) is 0 Å². The standard InChI is InChI=1S/C15H25N3/c1-18(11-9-14-7-4-5-10-17-14)15-8-3-2-6-13(15)12-16/h4-5,7,10,13,15H,2-3,6,8-9,11-12,16H2,1H3. The fourth-order valence-electron chi connectivity index (χ4n) is 3.05. The van der Waals surface area contributed by atoms with E-state index in [4.69, 9.17) is 5.73 Å². The molecule has 0 aliphatic heterocycles. The highest BCUT2D eigenvalue weighted by atomic mass is 15.1.